The molecule has 5 aromatic rings. The van der Waals surface area contributed by atoms with Crippen molar-refractivity contribution in [1.29, 1.82) is 0 Å². The zero-order chi connectivity index (χ0) is 25.9. The van der Waals surface area contributed by atoms with Gasteiger partial charge in [0, 0.05) is 20.9 Å². The Morgan fingerprint density at radius 3 is 1.03 bits per heavy atom. The number of carbonyl (C=O) groups excluding carboxylic acids is 2. The third kappa shape index (κ3) is 4.89. The summed E-state index contributed by atoms with van der Waals surface area (Å²) in [7, 11) is 0. The number of fused-ring (bicyclic) bond motifs is 1. The third-order valence-electron chi connectivity index (χ3n) is 6.40. The third-order valence-corrected chi connectivity index (χ3v) is 8.73. The fourth-order valence-corrected chi connectivity index (χ4v) is 6.48. The van der Waals surface area contributed by atoms with Crippen LogP contribution in [0.5, 0.6) is 0 Å². The van der Waals surface area contributed by atoms with Crippen molar-refractivity contribution in [3.8, 4) is 22.3 Å². The number of carbonyl (C=O) groups is 2. The minimum atomic E-state index is -0.110. The number of ketones is 2. The van der Waals surface area contributed by atoms with Crippen molar-refractivity contribution < 1.29 is 9.59 Å². The first-order valence-corrected chi connectivity index (χ1v) is 13.9. The van der Waals surface area contributed by atoms with Crippen LogP contribution in [0.2, 0.25) is 0 Å². The van der Waals surface area contributed by atoms with Crippen LogP contribution in [0.4, 0.5) is 0 Å². The van der Waals surface area contributed by atoms with E-state index < -0.39 is 0 Å². The van der Waals surface area contributed by atoms with Crippen LogP contribution in [0, 0.1) is 0 Å². The molecule has 0 spiro atoms. The number of hydrogen-bond donors (Lipinski definition) is 0. The van der Waals surface area contributed by atoms with Crippen molar-refractivity contribution in [2.75, 3.05) is 0 Å². The molecule has 0 atom stereocenters. The van der Waals surface area contributed by atoms with Crippen LogP contribution in [0.15, 0.2) is 153 Å². The second-order valence-corrected chi connectivity index (χ2v) is 11.0. The highest BCUT2D eigenvalue weighted by Gasteiger charge is 2.33. The predicted octanol–water partition coefficient (Wildman–Crippen LogP) is 9.20. The lowest BCUT2D eigenvalue weighted by molar-refractivity contribution is 0.0988. The van der Waals surface area contributed by atoms with E-state index in [2.05, 4.69) is 48.5 Å². The average Bonchev–Trinajstić information content (AvgIpc) is 2.99. The summed E-state index contributed by atoms with van der Waals surface area (Å²) >= 11 is 2.72. The van der Waals surface area contributed by atoms with E-state index in [1.54, 1.807) is 24.3 Å². The normalized spacial score (nSPS) is 12.9. The Balaban J connectivity index is 1.34. The van der Waals surface area contributed by atoms with Crippen molar-refractivity contribution in [2.45, 2.75) is 9.79 Å². The molecule has 1 aliphatic carbocycles. The van der Waals surface area contributed by atoms with Gasteiger partial charge in [-0.15, -0.1) is 0 Å². The molecule has 0 saturated heterocycles. The molecule has 38 heavy (non-hydrogen) atoms. The molecular weight excluding hydrogens is 505 g/mol. The Labute approximate surface area is 230 Å². The van der Waals surface area contributed by atoms with Crippen LogP contribution in [-0.4, -0.2) is 11.6 Å². The van der Waals surface area contributed by atoms with E-state index >= 15 is 0 Å². The van der Waals surface area contributed by atoms with E-state index in [4.69, 9.17) is 0 Å². The molecule has 6 rings (SSSR count). The van der Waals surface area contributed by atoms with Gasteiger partial charge in [0.1, 0.15) is 0 Å². The molecule has 0 N–H and O–H groups in total. The predicted molar refractivity (Wildman–Crippen MR) is 158 cm³/mol. The first-order valence-electron chi connectivity index (χ1n) is 12.3. The molecule has 0 bridgehead atoms. The van der Waals surface area contributed by atoms with Gasteiger partial charge in [-0.05, 0) is 46.5 Å². The van der Waals surface area contributed by atoms with Gasteiger partial charge < -0.3 is 0 Å². The Kier molecular flexibility index (Phi) is 6.82. The van der Waals surface area contributed by atoms with E-state index in [9.17, 15) is 9.59 Å². The smallest absolute Gasteiger partial charge is 0.201 e. The summed E-state index contributed by atoms with van der Waals surface area (Å²) < 4.78 is 0. The fraction of sp³-hybridized carbons (Fsp3) is 0. The Morgan fingerprint density at radius 2 is 0.658 bits per heavy atom. The Morgan fingerprint density at radius 1 is 0.342 bits per heavy atom. The summed E-state index contributed by atoms with van der Waals surface area (Å²) in [6.07, 6.45) is 0. The van der Waals surface area contributed by atoms with Gasteiger partial charge in [-0.25, -0.2) is 0 Å². The Hall–Kier alpha value is -4.12. The summed E-state index contributed by atoms with van der Waals surface area (Å²) in [5.74, 6) is -0.221. The molecule has 2 nitrogen and oxygen atoms in total. The maximum Gasteiger partial charge on any atom is 0.201 e. The standard InChI is InChI=1S/C34H22O2S2/c35-31-29-13-7-8-14-30(29)32(36)34(38-28-21-17-26(18-22-28)24-11-5-2-6-12-24)33(31)37-27-19-15-25(16-20-27)23-9-3-1-4-10-23/h1-22H. The molecule has 0 heterocycles. The quantitative estimate of drug-likeness (QED) is 0.221. The van der Waals surface area contributed by atoms with Gasteiger partial charge >= 0.3 is 0 Å². The summed E-state index contributed by atoms with van der Waals surface area (Å²) in [5.41, 5.74) is 5.41. The molecule has 182 valence electrons. The minimum Gasteiger partial charge on any atom is -0.288 e. The second kappa shape index (κ2) is 10.7. The lowest BCUT2D eigenvalue weighted by atomic mass is 9.94. The van der Waals surface area contributed by atoms with Crippen LogP contribution in [0.3, 0.4) is 0 Å². The van der Waals surface area contributed by atoms with Gasteiger partial charge in [-0.3, -0.25) is 9.59 Å². The summed E-state index contributed by atoms with van der Waals surface area (Å²) in [4.78, 5) is 30.1. The molecule has 0 radical (unpaired) electrons. The van der Waals surface area contributed by atoms with Crippen molar-refractivity contribution in [3.05, 3.63) is 154 Å². The van der Waals surface area contributed by atoms with E-state index in [1.807, 2.05) is 60.7 Å². The highest BCUT2D eigenvalue weighted by atomic mass is 32.2. The molecule has 0 aliphatic heterocycles. The van der Waals surface area contributed by atoms with Crippen molar-refractivity contribution in [1.82, 2.24) is 0 Å². The van der Waals surface area contributed by atoms with Crippen LogP contribution in [-0.2, 0) is 0 Å². The largest absolute Gasteiger partial charge is 0.288 e. The number of rotatable bonds is 6. The SMILES string of the molecule is O=C1C(Sc2ccc(-c3ccccc3)cc2)=C(Sc2ccc(-c3ccccc3)cc2)C(=O)c2ccccc21. The second-order valence-electron chi connectivity index (χ2n) is 8.85. The van der Waals surface area contributed by atoms with Gasteiger partial charge in [-0.1, -0.05) is 133 Å². The lowest BCUT2D eigenvalue weighted by Gasteiger charge is -2.20. The molecule has 5 aromatic carbocycles. The minimum absolute atomic E-state index is 0.110. The van der Waals surface area contributed by atoms with E-state index in [0.29, 0.717) is 20.9 Å². The Bertz CT molecular complexity index is 1530. The number of thioether (sulfide) groups is 2. The van der Waals surface area contributed by atoms with Gasteiger partial charge in [0.2, 0.25) is 11.6 Å². The van der Waals surface area contributed by atoms with Crippen LogP contribution >= 0.6 is 23.5 Å². The van der Waals surface area contributed by atoms with Gasteiger partial charge in [-0.2, -0.15) is 0 Å². The number of allylic oxidation sites excluding steroid dienone is 2. The van der Waals surface area contributed by atoms with Crippen molar-refractivity contribution in [3.63, 3.8) is 0 Å². The molecule has 0 aromatic heterocycles. The first kappa shape index (κ1) is 24.2. The average molecular weight is 527 g/mol. The summed E-state index contributed by atoms with van der Waals surface area (Å²) in [6, 6.07) is 43.7. The van der Waals surface area contributed by atoms with Gasteiger partial charge in [0.05, 0.1) is 9.81 Å². The summed E-state index contributed by atoms with van der Waals surface area (Å²) in [5, 5.41) is 0. The van der Waals surface area contributed by atoms with Crippen molar-refractivity contribution in [2.24, 2.45) is 0 Å². The van der Waals surface area contributed by atoms with Crippen LogP contribution < -0.4 is 0 Å². The zero-order valence-corrected chi connectivity index (χ0v) is 22.0. The van der Waals surface area contributed by atoms with Crippen LogP contribution in [0.25, 0.3) is 22.3 Å². The molecule has 0 fully saturated rings. The number of benzene rings is 5. The monoisotopic (exact) mass is 526 g/mol. The molecule has 0 amide bonds. The van der Waals surface area contributed by atoms with Gasteiger partial charge in [0.25, 0.3) is 0 Å². The van der Waals surface area contributed by atoms with E-state index in [0.717, 1.165) is 32.0 Å². The maximum absolute atomic E-state index is 13.7. The first-order chi connectivity index (χ1) is 18.7. The highest BCUT2D eigenvalue weighted by Crippen LogP contribution is 2.44. The lowest BCUT2D eigenvalue weighted by Crippen LogP contribution is -2.19. The molecule has 0 saturated carbocycles. The number of hydrogen-bond acceptors (Lipinski definition) is 4. The van der Waals surface area contributed by atoms with E-state index in [1.165, 1.54) is 23.5 Å². The summed E-state index contributed by atoms with van der Waals surface area (Å²) in [6.45, 7) is 0. The number of Topliss-reactive ketones (excluding diaryl/α,β-unsaturated/α-hetero) is 2. The molecule has 0 unspecified atom stereocenters. The molecular formula is C34H22O2S2. The maximum atomic E-state index is 13.7. The topological polar surface area (TPSA) is 34.1 Å². The van der Waals surface area contributed by atoms with E-state index in [-0.39, 0.29) is 11.6 Å². The highest BCUT2D eigenvalue weighted by molar-refractivity contribution is 8.08. The fourth-order valence-electron chi connectivity index (χ4n) is 4.44. The van der Waals surface area contributed by atoms with Crippen molar-refractivity contribution >= 4 is 35.1 Å². The molecule has 1 aliphatic rings. The zero-order valence-electron chi connectivity index (χ0n) is 20.3. The van der Waals surface area contributed by atoms with Crippen LogP contribution in [0.1, 0.15) is 20.7 Å². The van der Waals surface area contributed by atoms with Gasteiger partial charge in [0.15, 0.2) is 0 Å². The molecule has 4 heteroatoms.